The molecule has 0 radical (unpaired) electrons. The summed E-state index contributed by atoms with van der Waals surface area (Å²) in [6.45, 7) is 3.42. The second kappa shape index (κ2) is 5.07. The number of piperidine rings is 1. The third-order valence-electron chi connectivity index (χ3n) is 3.91. The van der Waals surface area contributed by atoms with Crippen molar-refractivity contribution in [2.45, 2.75) is 38.4 Å². The van der Waals surface area contributed by atoms with Gasteiger partial charge in [-0.05, 0) is 25.2 Å². The Morgan fingerprint density at radius 3 is 2.44 bits per heavy atom. The Hall–Kier alpha value is -0.780. The summed E-state index contributed by atoms with van der Waals surface area (Å²) in [5.41, 5.74) is 0. The summed E-state index contributed by atoms with van der Waals surface area (Å²) in [6.07, 6.45) is -2.82. The maximum atomic E-state index is 12.5. The first-order valence-corrected chi connectivity index (χ1v) is 6.47. The highest BCUT2D eigenvalue weighted by molar-refractivity contribution is 5.82. The molecule has 2 aliphatic rings. The van der Waals surface area contributed by atoms with E-state index in [-0.39, 0.29) is 25.3 Å². The molecule has 2 rings (SSSR count). The minimum atomic E-state index is -4.15. The van der Waals surface area contributed by atoms with Gasteiger partial charge in [-0.3, -0.25) is 4.79 Å². The normalized spacial score (nSPS) is 33.8. The first-order valence-electron chi connectivity index (χ1n) is 6.47. The van der Waals surface area contributed by atoms with Crippen LogP contribution in [0.4, 0.5) is 13.2 Å². The highest BCUT2D eigenvalue weighted by atomic mass is 19.4. The molecule has 104 valence electrons. The van der Waals surface area contributed by atoms with Crippen LogP contribution in [-0.2, 0) is 4.79 Å². The summed E-state index contributed by atoms with van der Waals surface area (Å²) >= 11 is 0. The van der Waals surface area contributed by atoms with Crippen molar-refractivity contribution >= 4 is 5.91 Å². The zero-order chi connectivity index (χ0) is 13.3. The van der Waals surface area contributed by atoms with Gasteiger partial charge in [0.2, 0.25) is 5.91 Å². The molecular weight excluding hydrogens is 245 g/mol. The van der Waals surface area contributed by atoms with Crippen LogP contribution in [0.3, 0.4) is 0 Å². The first kappa shape index (κ1) is 13.6. The molecular formula is C12H19F3N2O. The summed E-state index contributed by atoms with van der Waals surface area (Å²) in [7, 11) is 0. The van der Waals surface area contributed by atoms with Gasteiger partial charge >= 0.3 is 6.18 Å². The highest BCUT2D eigenvalue weighted by Crippen LogP contribution is 2.32. The fraction of sp³-hybridized carbons (Fsp3) is 0.917. The highest BCUT2D eigenvalue weighted by Gasteiger charge is 2.43. The van der Waals surface area contributed by atoms with Gasteiger partial charge in [0.25, 0.3) is 0 Å². The van der Waals surface area contributed by atoms with E-state index in [2.05, 4.69) is 12.2 Å². The zero-order valence-corrected chi connectivity index (χ0v) is 10.5. The van der Waals surface area contributed by atoms with Crippen molar-refractivity contribution in [3.8, 4) is 0 Å². The van der Waals surface area contributed by atoms with E-state index in [1.54, 1.807) is 4.90 Å². The van der Waals surface area contributed by atoms with Gasteiger partial charge in [0, 0.05) is 19.6 Å². The Kier molecular flexibility index (Phi) is 3.84. The van der Waals surface area contributed by atoms with E-state index in [0.29, 0.717) is 5.92 Å². The standard InChI is InChI=1S/C12H19F3N2O/c1-8-4-5-17(7-8)11(18)10-3-2-9(6-16-10)12(13,14)15/h8-10,16H,2-7H2,1H3. The van der Waals surface area contributed by atoms with Crippen LogP contribution in [0.15, 0.2) is 0 Å². The number of alkyl halides is 3. The van der Waals surface area contributed by atoms with Crippen LogP contribution in [0.5, 0.6) is 0 Å². The smallest absolute Gasteiger partial charge is 0.341 e. The molecule has 6 heteroatoms. The van der Waals surface area contributed by atoms with Gasteiger partial charge in [-0.2, -0.15) is 13.2 Å². The van der Waals surface area contributed by atoms with Crippen molar-refractivity contribution in [1.29, 1.82) is 0 Å². The van der Waals surface area contributed by atoms with Crippen LogP contribution >= 0.6 is 0 Å². The third kappa shape index (κ3) is 2.96. The molecule has 1 N–H and O–H groups in total. The lowest BCUT2D eigenvalue weighted by Gasteiger charge is -2.32. The molecule has 0 aromatic carbocycles. The Bertz CT molecular complexity index is 311. The van der Waals surface area contributed by atoms with Crippen LogP contribution in [0.1, 0.15) is 26.2 Å². The molecule has 0 aromatic heterocycles. The number of halogens is 3. The van der Waals surface area contributed by atoms with E-state index in [4.69, 9.17) is 0 Å². The summed E-state index contributed by atoms with van der Waals surface area (Å²) in [5, 5.41) is 2.76. The van der Waals surface area contributed by atoms with Crippen molar-refractivity contribution in [1.82, 2.24) is 10.2 Å². The monoisotopic (exact) mass is 264 g/mol. The summed E-state index contributed by atoms with van der Waals surface area (Å²) in [5.74, 6) is -0.834. The predicted molar refractivity (Wildman–Crippen MR) is 60.9 cm³/mol. The van der Waals surface area contributed by atoms with E-state index < -0.39 is 18.1 Å². The number of hydrogen-bond acceptors (Lipinski definition) is 2. The molecule has 1 amide bonds. The number of rotatable bonds is 1. The largest absolute Gasteiger partial charge is 0.393 e. The van der Waals surface area contributed by atoms with E-state index in [0.717, 1.165) is 19.5 Å². The fourth-order valence-electron chi connectivity index (χ4n) is 2.70. The lowest BCUT2D eigenvalue weighted by Crippen LogP contribution is -2.52. The average molecular weight is 264 g/mol. The van der Waals surface area contributed by atoms with Crippen molar-refractivity contribution in [2.75, 3.05) is 19.6 Å². The van der Waals surface area contributed by atoms with Crippen molar-refractivity contribution in [2.24, 2.45) is 11.8 Å². The third-order valence-corrected chi connectivity index (χ3v) is 3.91. The zero-order valence-electron chi connectivity index (χ0n) is 10.5. The number of carbonyl (C=O) groups is 1. The Morgan fingerprint density at radius 1 is 1.28 bits per heavy atom. The van der Waals surface area contributed by atoms with Crippen LogP contribution in [0.25, 0.3) is 0 Å². The van der Waals surface area contributed by atoms with Crippen LogP contribution in [0, 0.1) is 11.8 Å². The van der Waals surface area contributed by atoms with Gasteiger partial charge in [-0.1, -0.05) is 6.92 Å². The summed E-state index contributed by atoms with van der Waals surface area (Å²) in [4.78, 5) is 13.9. The van der Waals surface area contributed by atoms with Crippen LogP contribution in [-0.4, -0.2) is 42.7 Å². The fourth-order valence-corrected chi connectivity index (χ4v) is 2.70. The molecule has 3 nitrogen and oxygen atoms in total. The number of hydrogen-bond donors (Lipinski definition) is 1. The summed E-state index contributed by atoms with van der Waals surface area (Å²) in [6, 6.07) is -0.422. The minimum absolute atomic E-state index is 0.0278. The molecule has 2 heterocycles. The van der Waals surface area contributed by atoms with Crippen molar-refractivity contribution in [3.05, 3.63) is 0 Å². The molecule has 0 spiro atoms. The number of likely N-dealkylation sites (tertiary alicyclic amines) is 1. The van der Waals surface area contributed by atoms with Crippen LogP contribution < -0.4 is 5.32 Å². The number of nitrogens with one attached hydrogen (secondary N) is 1. The van der Waals surface area contributed by atoms with E-state index in [1.165, 1.54) is 0 Å². The molecule has 2 fully saturated rings. The van der Waals surface area contributed by atoms with E-state index >= 15 is 0 Å². The van der Waals surface area contributed by atoms with Gasteiger partial charge < -0.3 is 10.2 Å². The minimum Gasteiger partial charge on any atom is -0.341 e. The van der Waals surface area contributed by atoms with Gasteiger partial charge in [-0.25, -0.2) is 0 Å². The molecule has 0 aromatic rings. The van der Waals surface area contributed by atoms with Gasteiger partial charge in [0.1, 0.15) is 0 Å². The molecule has 0 saturated carbocycles. The molecule has 2 aliphatic heterocycles. The molecule has 3 unspecified atom stereocenters. The molecule has 3 atom stereocenters. The quantitative estimate of drug-likeness (QED) is 0.783. The molecule has 0 bridgehead atoms. The second-order valence-corrected chi connectivity index (χ2v) is 5.45. The lowest BCUT2D eigenvalue weighted by molar-refractivity contribution is -0.180. The Labute approximate surface area is 105 Å². The van der Waals surface area contributed by atoms with E-state index in [1.807, 2.05) is 0 Å². The topological polar surface area (TPSA) is 32.3 Å². The van der Waals surface area contributed by atoms with Gasteiger partial charge in [-0.15, -0.1) is 0 Å². The second-order valence-electron chi connectivity index (χ2n) is 5.45. The van der Waals surface area contributed by atoms with E-state index in [9.17, 15) is 18.0 Å². The maximum absolute atomic E-state index is 12.5. The molecule has 0 aliphatic carbocycles. The van der Waals surface area contributed by atoms with Gasteiger partial charge in [0.15, 0.2) is 0 Å². The number of carbonyl (C=O) groups excluding carboxylic acids is 1. The Morgan fingerprint density at radius 2 is 2.00 bits per heavy atom. The lowest BCUT2D eigenvalue weighted by atomic mass is 9.93. The number of amides is 1. The maximum Gasteiger partial charge on any atom is 0.393 e. The first-order chi connectivity index (χ1) is 8.38. The number of nitrogens with zero attached hydrogens (tertiary/aromatic N) is 1. The molecule has 18 heavy (non-hydrogen) atoms. The van der Waals surface area contributed by atoms with Crippen molar-refractivity contribution < 1.29 is 18.0 Å². The van der Waals surface area contributed by atoms with Crippen LogP contribution in [0.2, 0.25) is 0 Å². The molecule has 2 saturated heterocycles. The van der Waals surface area contributed by atoms with Gasteiger partial charge in [0.05, 0.1) is 12.0 Å². The average Bonchev–Trinajstić information content (AvgIpc) is 2.74. The Balaban J connectivity index is 1.84. The predicted octanol–water partition coefficient (Wildman–Crippen LogP) is 1.79. The SMILES string of the molecule is CC1CCN(C(=O)C2CCC(C(F)(F)F)CN2)C1. The summed E-state index contributed by atoms with van der Waals surface area (Å²) < 4.78 is 37.5. The van der Waals surface area contributed by atoms with Crippen molar-refractivity contribution in [3.63, 3.8) is 0 Å².